The summed E-state index contributed by atoms with van der Waals surface area (Å²) in [6, 6.07) is 1.04. The van der Waals surface area contributed by atoms with Crippen molar-refractivity contribution in [3.05, 3.63) is 11.3 Å². The first-order valence-corrected chi connectivity index (χ1v) is 7.61. The van der Waals surface area contributed by atoms with Crippen molar-refractivity contribution in [2.75, 3.05) is 6.61 Å². The highest BCUT2D eigenvalue weighted by molar-refractivity contribution is 6.60. The van der Waals surface area contributed by atoms with Crippen molar-refractivity contribution in [1.82, 2.24) is 0 Å². The summed E-state index contributed by atoms with van der Waals surface area (Å²) in [5.41, 5.74) is 0. The summed E-state index contributed by atoms with van der Waals surface area (Å²) >= 11 is 0. The van der Waals surface area contributed by atoms with E-state index in [1.54, 1.807) is 6.08 Å². The second-order valence-electron chi connectivity index (χ2n) is 4.40. The molecule has 0 aromatic heterocycles. The van der Waals surface area contributed by atoms with Gasteiger partial charge in [-0.3, -0.25) is 0 Å². The monoisotopic (exact) mass is 252 g/mol. The van der Waals surface area contributed by atoms with Crippen LogP contribution in [-0.4, -0.2) is 28.2 Å². The number of hydrogen-bond donors (Lipinski definition) is 0. The van der Waals surface area contributed by atoms with Crippen molar-refractivity contribution in [2.45, 2.75) is 45.3 Å². The molecular weight excluding hydrogens is 233 g/mol. The molecule has 5 heteroatoms. The fourth-order valence-electron chi connectivity index (χ4n) is 1.94. The third-order valence-electron chi connectivity index (χ3n) is 2.96. The zero-order valence-electron chi connectivity index (χ0n) is 9.76. The summed E-state index contributed by atoms with van der Waals surface area (Å²) < 4.78 is 43.0. The van der Waals surface area contributed by atoms with Crippen molar-refractivity contribution in [2.24, 2.45) is 5.92 Å². The van der Waals surface area contributed by atoms with Crippen molar-refractivity contribution in [3.63, 3.8) is 0 Å². The lowest BCUT2D eigenvalue weighted by Gasteiger charge is -2.23. The third-order valence-corrected chi connectivity index (χ3v) is 5.74. The van der Waals surface area contributed by atoms with E-state index >= 15 is 0 Å². The molecule has 1 aliphatic heterocycles. The molecule has 1 aliphatic rings. The van der Waals surface area contributed by atoms with Gasteiger partial charge in [-0.2, -0.15) is 0 Å². The Labute approximate surface area is 96.4 Å². The molecule has 0 amide bonds. The molecule has 0 aliphatic carbocycles. The minimum atomic E-state index is -2.90. The summed E-state index contributed by atoms with van der Waals surface area (Å²) in [5, 5.41) is 1.01. The van der Waals surface area contributed by atoms with Crippen LogP contribution in [0.1, 0.15) is 26.7 Å². The van der Waals surface area contributed by atoms with Crippen LogP contribution in [0.3, 0.4) is 0 Å². The summed E-state index contributed by atoms with van der Waals surface area (Å²) in [6.07, 6.45) is -1.10. The van der Waals surface area contributed by atoms with Gasteiger partial charge in [0.25, 0.3) is 6.43 Å². The van der Waals surface area contributed by atoms with Gasteiger partial charge in [-0.15, -0.1) is 0 Å². The van der Waals surface area contributed by atoms with E-state index in [0.29, 0.717) is 0 Å². The predicted octanol–water partition coefficient (Wildman–Crippen LogP) is 3.25. The number of allylic oxidation sites excluding steroid dienone is 2. The Morgan fingerprint density at radius 2 is 2.00 bits per heavy atom. The minimum absolute atomic E-state index is 0.724. The van der Waals surface area contributed by atoms with Gasteiger partial charge in [0, 0.05) is 12.5 Å². The Hall–Kier alpha value is -0.293. The van der Waals surface area contributed by atoms with E-state index in [2.05, 4.69) is 0 Å². The van der Waals surface area contributed by atoms with Crippen LogP contribution < -0.4 is 0 Å². The van der Waals surface area contributed by atoms with Crippen molar-refractivity contribution >= 4 is 9.04 Å². The quantitative estimate of drug-likeness (QED) is 0.698. The van der Waals surface area contributed by atoms with E-state index in [0.717, 1.165) is 30.7 Å². The van der Waals surface area contributed by atoms with E-state index in [1.807, 2.05) is 6.92 Å². The summed E-state index contributed by atoms with van der Waals surface area (Å²) in [6.45, 7) is 4.15. The SMILES string of the molecule is CC(=CC(C)C(F)C(F)F)[SiH]1CCCCO1. The fourth-order valence-corrected chi connectivity index (χ4v) is 4.46. The zero-order chi connectivity index (χ0) is 12.1. The average Bonchev–Trinajstić information content (AvgIpc) is 2.28. The Morgan fingerprint density at radius 3 is 2.50 bits per heavy atom. The molecule has 0 spiro atoms. The number of hydrogen-bond acceptors (Lipinski definition) is 1. The highest BCUT2D eigenvalue weighted by atomic mass is 28.3. The Morgan fingerprint density at radius 1 is 1.31 bits per heavy atom. The van der Waals surface area contributed by atoms with Gasteiger partial charge >= 0.3 is 0 Å². The van der Waals surface area contributed by atoms with Crippen LogP contribution in [0.5, 0.6) is 0 Å². The first-order valence-electron chi connectivity index (χ1n) is 5.74. The molecule has 0 saturated carbocycles. The Bertz CT molecular complexity index is 239. The highest BCUT2D eigenvalue weighted by Crippen LogP contribution is 2.22. The van der Waals surface area contributed by atoms with E-state index in [9.17, 15) is 13.2 Å². The van der Waals surface area contributed by atoms with Crippen molar-refractivity contribution in [1.29, 1.82) is 0 Å². The molecule has 1 nitrogen and oxygen atoms in total. The molecular formula is C11H19F3OSi. The third kappa shape index (κ3) is 3.94. The molecule has 1 heterocycles. The van der Waals surface area contributed by atoms with Gasteiger partial charge in [-0.05, 0) is 19.4 Å². The topological polar surface area (TPSA) is 9.23 Å². The first-order chi connectivity index (χ1) is 7.52. The number of alkyl halides is 3. The van der Waals surface area contributed by atoms with E-state index in [4.69, 9.17) is 4.43 Å². The Kier molecular flexibility index (Phi) is 5.55. The molecule has 0 aromatic rings. The van der Waals surface area contributed by atoms with Crippen LogP contribution in [0.15, 0.2) is 11.3 Å². The smallest absolute Gasteiger partial charge is 0.269 e. The lowest BCUT2D eigenvalue weighted by Crippen LogP contribution is -2.27. The normalized spacial score (nSPS) is 26.9. The second kappa shape index (κ2) is 6.44. The Balaban J connectivity index is 2.53. The van der Waals surface area contributed by atoms with Crippen LogP contribution in [-0.2, 0) is 4.43 Å². The van der Waals surface area contributed by atoms with Crippen LogP contribution in [0.4, 0.5) is 13.2 Å². The van der Waals surface area contributed by atoms with Crippen LogP contribution >= 0.6 is 0 Å². The molecule has 16 heavy (non-hydrogen) atoms. The van der Waals surface area contributed by atoms with Crippen LogP contribution in [0.25, 0.3) is 0 Å². The average molecular weight is 252 g/mol. The standard InChI is InChI=1S/C11H19F3OSi/c1-8(10(12)11(13)14)7-9(2)16-6-4-3-5-15-16/h7-8,10-11,16H,3-6H2,1-2H3. The van der Waals surface area contributed by atoms with Crippen LogP contribution in [0, 0.1) is 5.92 Å². The molecule has 94 valence electrons. The number of rotatable bonds is 4. The summed E-state index contributed by atoms with van der Waals surface area (Å²) in [5.74, 6) is -0.724. The molecule has 1 fully saturated rings. The highest BCUT2D eigenvalue weighted by Gasteiger charge is 2.26. The molecule has 3 unspecified atom stereocenters. The molecule has 0 N–H and O–H groups in total. The van der Waals surface area contributed by atoms with Gasteiger partial charge in [0.15, 0.2) is 6.17 Å². The zero-order valence-corrected chi connectivity index (χ0v) is 10.9. The van der Waals surface area contributed by atoms with E-state index in [-0.39, 0.29) is 0 Å². The van der Waals surface area contributed by atoms with Gasteiger partial charge in [-0.25, -0.2) is 13.2 Å². The van der Waals surface area contributed by atoms with Gasteiger partial charge < -0.3 is 4.43 Å². The predicted molar refractivity (Wildman–Crippen MR) is 61.0 cm³/mol. The molecule has 3 atom stereocenters. The van der Waals surface area contributed by atoms with Gasteiger partial charge in [-0.1, -0.05) is 24.6 Å². The van der Waals surface area contributed by atoms with Gasteiger partial charge in [0.1, 0.15) is 0 Å². The lowest BCUT2D eigenvalue weighted by atomic mass is 10.1. The largest absolute Gasteiger partial charge is 0.416 e. The lowest BCUT2D eigenvalue weighted by molar-refractivity contribution is 0.0312. The van der Waals surface area contributed by atoms with E-state index in [1.165, 1.54) is 6.92 Å². The van der Waals surface area contributed by atoms with Crippen LogP contribution in [0.2, 0.25) is 6.04 Å². The maximum Gasteiger partial charge on any atom is 0.269 e. The van der Waals surface area contributed by atoms with Crippen molar-refractivity contribution in [3.8, 4) is 0 Å². The van der Waals surface area contributed by atoms with Crippen molar-refractivity contribution < 1.29 is 17.6 Å². The maximum absolute atomic E-state index is 13.0. The minimum Gasteiger partial charge on any atom is -0.416 e. The molecule has 0 bridgehead atoms. The van der Waals surface area contributed by atoms with E-state index < -0.39 is 27.6 Å². The first kappa shape index (κ1) is 13.8. The molecule has 1 saturated heterocycles. The molecule has 0 radical (unpaired) electrons. The fraction of sp³-hybridized carbons (Fsp3) is 0.818. The maximum atomic E-state index is 13.0. The second-order valence-corrected chi connectivity index (χ2v) is 7.20. The molecule has 1 rings (SSSR count). The van der Waals surface area contributed by atoms with Gasteiger partial charge in [0.2, 0.25) is 9.04 Å². The molecule has 0 aromatic carbocycles. The summed E-state index contributed by atoms with van der Waals surface area (Å²) in [4.78, 5) is 0. The summed E-state index contributed by atoms with van der Waals surface area (Å²) in [7, 11) is -1.40. The van der Waals surface area contributed by atoms with Gasteiger partial charge in [0.05, 0.1) is 0 Å². The number of halogens is 3.